The van der Waals surface area contributed by atoms with Gasteiger partial charge in [-0.25, -0.2) is 4.79 Å². The first-order chi connectivity index (χ1) is 10.1. The molecular weight excluding hydrogens is 268 g/mol. The van der Waals surface area contributed by atoms with E-state index in [0.29, 0.717) is 16.7 Å². The highest BCUT2D eigenvalue weighted by atomic mass is 16.5. The molecule has 0 N–H and O–H groups in total. The maximum absolute atomic E-state index is 12.1. The van der Waals surface area contributed by atoms with Crippen LogP contribution in [0.15, 0.2) is 45.6 Å². The van der Waals surface area contributed by atoms with Crippen molar-refractivity contribution in [3.63, 3.8) is 0 Å². The Bertz CT molecular complexity index is 906. The molecule has 21 heavy (non-hydrogen) atoms. The number of Topliss-reactive ketones (excluding diaryl/α,β-unsaturated/α-hetero) is 1. The summed E-state index contributed by atoms with van der Waals surface area (Å²) in [6, 6.07) is 11.0. The molecule has 0 amide bonds. The van der Waals surface area contributed by atoms with Gasteiger partial charge in [-0.2, -0.15) is 0 Å². The first kappa shape index (κ1) is 13.4. The predicted molar refractivity (Wildman–Crippen MR) is 80.9 cm³/mol. The number of carbonyl (C=O) groups excluding carboxylic acids is 1. The summed E-state index contributed by atoms with van der Waals surface area (Å²) in [5, 5.41) is 2.27. The minimum atomic E-state index is -0.370. The maximum Gasteiger partial charge on any atom is 0.344 e. The third kappa shape index (κ3) is 2.29. The minimum absolute atomic E-state index is 0.00413. The molecule has 4 heteroatoms. The van der Waals surface area contributed by atoms with Crippen LogP contribution in [0.2, 0.25) is 0 Å². The average molecular weight is 282 g/mol. The van der Waals surface area contributed by atoms with Crippen LogP contribution in [0.3, 0.4) is 0 Å². The van der Waals surface area contributed by atoms with Gasteiger partial charge < -0.3 is 9.15 Å². The third-order valence-corrected chi connectivity index (χ3v) is 3.42. The predicted octanol–water partition coefficient (Wildman–Crippen LogP) is 3.22. The normalized spacial score (nSPS) is 11.0. The van der Waals surface area contributed by atoms with Crippen LogP contribution in [0.1, 0.15) is 12.5 Å². The zero-order valence-electron chi connectivity index (χ0n) is 11.8. The van der Waals surface area contributed by atoms with E-state index >= 15 is 0 Å². The molecule has 4 nitrogen and oxygen atoms in total. The van der Waals surface area contributed by atoms with Crippen molar-refractivity contribution < 1.29 is 13.9 Å². The maximum atomic E-state index is 12.1. The molecule has 0 aliphatic heterocycles. The molecule has 0 unspecified atom stereocenters. The van der Waals surface area contributed by atoms with E-state index in [9.17, 15) is 9.59 Å². The van der Waals surface area contributed by atoms with E-state index in [1.54, 1.807) is 12.1 Å². The Balaban J connectivity index is 2.27. The zero-order chi connectivity index (χ0) is 15.0. The van der Waals surface area contributed by atoms with Crippen LogP contribution in [0.4, 0.5) is 0 Å². The fourth-order valence-electron chi connectivity index (χ4n) is 2.40. The van der Waals surface area contributed by atoms with Crippen LogP contribution in [0.5, 0.6) is 5.75 Å². The lowest BCUT2D eigenvalue weighted by Crippen LogP contribution is -2.08. The van der Waals surface area contributed by atoms with Crippen molar-refractivity contribution >= 4 is 27.5 Å². The van der Waals surface area contributed by atoms with Crippen molar-refractivity contribution in [1.82, 2.24) is 0 Å². The molecule has 0 saturated heterocycles. The van der Waals surface area contributed by atoms with Crippen LogP contribution >= 0.6 is 0 Å². The van der Waals surface area contributed by atoms with E-state index in [0.717, 1.165) is 16.3 Å². The molecule has 0 fully saturated rings. The summed E-state index contributed by atoms with van der Waals surface area (Å²) in [7, 11) is 0. The van der Waals surface area contributed by atoms with Gasteiger partial charge in [0.25, 0.3) is 0 Å². The van der Waals surface area contributed by atoms with E-state index in [-0.39, 0.29) is 18.0 Å². The van der Waals surface area contributed by atoms with Gasteiger partial charge in [-0.15, -0.1) is 0 Å². The molecule has 0 bridgehead atoms. The average Bonchev–Trinajstić information content (AvgIpc) is 2.47. The second kappa shape index (κ2) is 5.05. The van der Waals surface area contributed by atoms with Gasteiger partial charge in [-0.3, -0.25) is 4.79 Å². The summed E-state index contributed by atoms with van der Waals surface area (Å²) >= 11 is 0. The Morgan fingerprint density at radius 1 is 1.10 bits per heavy atom. The van der Waals surface area contributed by atoms with Gasteiger partial charge in [0.1, 0.15) is 17.9 Å². The molecule has 3 rings (SSSR count). The first-order valence-electron chi connectivity index (χ1n) is 6.65. The molecule has 0 aliphatic rings. The number of fused-ring (bicyclic) bond motifs is 3. The summed E-state index contributed by atoms with van der Waals surface area (Å²) in [5.74, 6) is 0.491. The number of rotatable bonds is 3. The number of ether oxygens (including phenoxy) is 1. The second-order valence-corrected chi connectivity index (χ2v) is 4.99. The van der Waals surface area contributed by atoms with Gasteiger partial charge in [-0.05, 0) is 37.4 Å². The summed E-state index contributed by atoms with van der Waals surface area (Å²) in [4.78, 5) is 23.1. The quantitative estimate of drug-likeness (QED) is 0.546. The summed E-state index contributed by atoms with van der Waals surface area (Å²) in [6.45, 7) is 3.28. The number of ketones is 1. The van der Waals surface area contributed by atoms with Gasteiger partial charge in [0.2, 0.25) is 0 Å². The largest absolute Gasteiger partial charge is 0.485 e. The summed E-state index contributed by atoms with van der Waals surface area (Å²) < 4.78 is 10.9. The number of benzene rings is 2. The highest BCUT2D eigenvalue weighted by Crippen LogP contribution is 2.30. The van der Waals surface area contributed by atoms with E-state index in [4.69, 9.17) is 9.15 Å². The van der Waals surface area contributed by atoms with Gasteiger partial charge in [0, 0.05) is 10.9 Å². The van der Waals surface area contributed by atoms with E-state index in [1.807, 2.05) is 31.2 Å². The molecular formula is C17H14O4. The smallest absolute Gasteiger partial charge is 0.344 e. The van der Waals surface area contributed by atoms with E-state index in [1.165, 1.54) is 6.92 Å². The number of carbonyl (C=O) groups is 1. The van der Waals surface area contributed by atoms with Crippen LogP contribution in [-0.2, 0) is 4.79 Å². The van der Waals surface area contributed by atoms with E-state index in [2.05, 4.69) is 0 Å². The Labute approximate surface area is 120 Å². The molecule has 1 aromatic heterocycles. The number of aryl methyl sites for hydroxylation is 1. The van der Waals surface area contributed by atoms with Crippen LogP contribution < -0.4 is 10.4 Å². The van der Waals surface area contributed by atoms with Crippen molar-refractivity contribution in [2.24, 2.45) is 0 Å². The molecule has 0 atom stereocenters. The lowest BCUT2D eigenvalue weighted by molar-refractivity contribution is -0.118. The Hall–Kier alpha value is -2.62. The first-order valence-corrected chi connectivity index (χ1v) is 6.65. The molecule has 0 spiro atoms. The van der Waals surface area contributed by atoms with Gasteiger partial charge in [0.05, 0.1) is 5.39 Å². The van der Waals surface area contributed by atoms with Crippen LogP contribution in [0, 0.1) is 6.92 Å². The van der Waals surface area contributed by atoms with Crippen molar-refractivity contribution in [2.45, 2.75) is 13.8 Å². The molecule has 0 saturated carbocycles. The van der Waals surface area contributed by atoms with Crippen LogP contribution in [0.25, 0.3) is 21.7 Å². The number of hydrogen-bond acceptors (Lipinski definition) is 4. The lowest BCUT2D eigenvalue weighted by atomic mass is 10.0. The SMILES string of the molecule is CC(=O)COc1ccc2c(oc(=O)c3ccccc32)c1C. The van der Waals surface area contributed by atoms with Crippen molar-refractivity contribution in [1.29, 1.82) is 0 Å². The van der Waals surface area contributed by atoms with Gasteiger partial charge in [-0.1, -0.05) is 18.2 Å². The Morgan fingerprint density at radius 2 is 1.81 bits per heavy atom. The lowest BCUT2D eigenvalue weighted by Gasteiger charge is -2.10. The van der Waals surface area contributed by atoms with Crippen LogP contribution in [-0.4, -0.2) is 12.4 Å². The second-order valence-electron chi connectivity index (χ2n) is 4.99. The minimum Gasteiger partial charge on any atom is -0.485 e. The third-order valence-electron chi connectivity index (χ3n) is 3.42. The number of hydrogen-bond donors (Lipinski definition) is 0. The summed E-state index contributed by atoms with van der Waals surface area (Å²) in [5.41, 5.74) is 0.848. The molecule has 106 valence electrons. The van der Waals surface area contributed by atoms with Crippen molar-refractivity contribution in [3.8, 4) is 5.75 Å². The topological polar surface area (TPSA) is 56.5 Å². The highest BCUT2D eigenvalue weighted by Gasteiger charge is 2.12. The molecule has 2 aromatic carbocycles. The van der Waals surface area contributed by atoms with Gasteiger partial charge >= 0.3 is 5.63 Å². The van der Waals surface area contributed by atoms with Gasteiger partial charge in [0.15, 0.2) is 5.78 Å². The van der Waals surface area contributed by atoms with Crippen molar-refractivity contribution in [2.75, 3.05) is 6.61 Å². The monoisotopic (exact) mass is 282 g/mol. The fraction of sp³-hybridized carbons (Fsp3) is 0.176. The standard InChI is InChI=1S/C17H14O4/c1-10(18)9-20-15-8-7-13-12-5-3-4-6-14(12)17(19)21-16(13)11(15)2/h3-8H,9H2,1-2H3. The molecule has 0 radical (unpaired) electrons. The molecule has 0 aliphatic carbocycles. The summed E-state index contributed by atoms with van der Waals surface area (Å²) in [6.07, 6.45) is 0. The van der Waals surface area contributed by atoms with E-state index < -0.39 is 0 Å². The fourth-order valence-corrected chi connectivity index (χ4v) is 2.40. The Morgan fingerprint density at radius 3 is 2.52 bits per heavy atom. The molecule has 3 aromatic rings. The zero-order valence-corrected chi connectivity index (χ0v) is 11.8. The molecule has 1 heterocycles. The van der Waals surface area contributed by atoms with Crippen molar-refractivity contribution in [3.05, 3.63) is 52.4 Å². The highest BCUT2D eigenvalue weighted by molar-refractivity contribution is 6.05. The Kier molecular flexibility index (Phi) is 3.22.